The summed E-state index contributed by atoms with van der Waals surface area (Å²) in [6.07, 6.45) is 3.77. The number of fused-ring (bicyclic) bond motifs is 1. The molecule has 0 aliphatic rings. The molecule has 0 aliphatic heterocycles. The van der Waals surface area contributed by atoms with Crippen LogP contribution >= 0.6 is 0 Å². The first-order chi connectivity index (χ1) is 10.5. The minimum atomic E-state index is -1.08. The predicted molar refractivity (Wildman–Crippen MR) is 82.8 cm³/mol. The topological polar surface area (TPSA) is 144 Å². The van der Waals surface area contributed by atoms with Gasteiger partial charge in [0.2, 0.25) is 5.91 Å². The molecule has 0 fully saturated rings. The summed E-state index contributed by atoms with van der Waals surface area (Å²) in [7, 11) is 0. The van der Waals surface area contributed by atoms with Crippen LogP contribution in [0.15, 0.2) is 35.0 Å². The predicted octanol–water partition coefficient (Wildman–Crippen LogP) is 1.35. The maximum absolute atomic E-state index is 11.4. The van der Waals surface area contributed by atoms with Gasteiger partial charge in [0.25, 0.3) is 0 Å². The second kappa shape index (κ2) is 6.53. The molecule has 2 amide bonds. The van der Waals surface area contributed by atoms with E-state index in [9.17, 15) is 9.59 Å². The van der Waals surface area contributed by atoms with Crippen LogP contribution in [0.5, 0.6) is 0 Å². The van der Waals surface area contributed by atoms with E-state index in [1.54, 1.807) is 18.2 Å². The van der Waals surface area contributed by atoms with E-state index in [0.29, 0.717) is 34.5 Å². The Labute approximate surface area is 125 Å². The number of carbonyl (C=O) groups is 2. The molecule has 22 heavy (non-hydrogen) atoms. The fourth-order valence-corrected chi connectivity index (χ4v) is 2.01. The highest BCUT2D eigenvalue weighted by molar-refractivity contribution is 6.10. The Balaban J connectivity index is 2.13. The van der Waals surface area contributed by atoms with E-state index in [1.807, 2.05) is 0 Å². The van der Waals surface area contributed by atoms with Gasteiger partial charge in [0.1, 0.15) is 5.69 Å². The number of rotatable bonds is 6. The molecule has 0 spiro atoms. The van der Waals surface area contributed by atoms with Crippen molar-refractivity contribution in [2.75, 3.05) is 24.1 Å². The van der Waals surface area contributed by atoms with E-state index in [0.717, 1.165) is 0 Å². The zero-order chi connectivity index (χ0) is 16.1. The van der Waals surface area contributed by atoms with Crippen LogP contribution in [-0.2, 0) is 0 Å². The zero-order valence-electron chi connectivity index (χ0n) is 11.6. The third-order valence-corrected chi connectivity index (χ3v) is 2.97. The largest absolute Gasteiger partial charge is 0.465 e. The smallest absolute Gasteiger partial charge is 0.404 e. The maximum atomic E-state index is 11.4. The molecule has 0 radical (unpaired) electrons. The number of carboxylic acid groups (broad SMARTS) is 1. The van der Waals surface area contributed by atoms with Gasteiger partial charge in [-0.1, -0.05) is 12.2 Å². The van der Waals surface area contributed by atoms with Crippen LogP contribution < -0.4 is 22.1 Å². The maximum Gasteiger partial charge on any atom is 0.404 e. The van der Waals surface area contributed by atoms with E-state index in [4.69, 9.17) is 21.0 Å². The van der Waals surface area contributed by atoms with Gasteiger partial charge in [-0.25, -0.2) is 4.79 Å². The van der Waals surface area contributed by atoms with Crippen molar-refractivity contribution in [3.63, 3.8) is 0 Å². The van der Waals surface area contributed by atoms with Crippen molar-refractivity contribution >= 4 is 34.3 Å². The fourth-order valence-electron chi connectivity index (χ4n) is 2.01. The van der Waals surface area contributed by atoms with Gasteiger partial charge < -0.3 is 31.6 Å². The quantitative estimate of drug-likeness (QED) is 0.402. The van der Waals surface area contributed by atoms with E-state index in [1.165, 1.54) is 12.3 Å². The van der Waals surface area contributed by atoms with Gasteiger partial charge >= 0.3 is 6.09 Å². The Morgan fingerprint density at radius 3 is 2.73 bits per heavy atom. The molecule has 0 saturated carbocycles. The Hall–Kier alpha value is -3.16. The molecule has 0 saturated heterocycles. The number of anilines is 2. The first-order valence-electron chi connectivity index (χ1n) is 6.46. The van der Waals surface area contributed by atoms with Crippen LogP contribution in [0.25, 0.3) is 11.0 Å². The summed E-state index contributed by atoms with van der Waals surface area (Å²) in [4.78, 5) is 21.7. The third-order valence-electron chi connectivity index (χ3n) is 2.97. The fraction of sp³-hybridized carbons (Fsp3) is 0.143. The van der Waals surface area contributed by atoms with Crippen LogP contribution in [-0.4, -0.2) is 30.2 Å². The first kappa shape index (κ1) is 15.2. The molecular formula is C14H16N4O4. The highest BCUT2D eigenvalue weighted by atomic mass is 16.4. The molecule has 2 rings (SSSR count). The average Bonchev–Trinajstić information content (AvgIpc) is 2.92. The molecule has 8 heteroatoms. The zero-order valence-corrected chi connectivity index (χ0v) is 11.6. The Morgan fingerprint density at radius 2 is 2.05 bits per heavy atom. The van der Waals surface area contributed by atoms with Gasteiger partial charge in [-0.2, -0.15) is 0 Å². The number of amides is 2. The number of hydrogen-bond acceptors (Lipinski definition) is 5. The van der Waals surface area contributed by atoms with Gasteiger partial charge in [0.15, 0.2) is 5.58 Å². The molecule has 116 valence electrons. The number of nitrogens with two attached hydrogens (primary N) is 2. The minimum absolute atomic E-state index is 0.212. The third kappa shape index (κ3) is 3.29. The van der Waals surface area contributed by atoms with Crippen LogP contribution in [0, 0.1) is 0 Å². The molecule has 7 N–H and O–H groups in total. The molecule has 0 unspecified atom stereocenters. The lowest BCUT2D eigenvalue weighted by molar-refractivity contribution is 0.100. The standard InChI is InChI=1S/C14H16N4O4/c15-10-7-9(13(16)19)8-3-6-22-12(8)11(10)17-4-1-2-5-18-14(20)21/h1-3,6-7,17-18H,4-5,15H2,(H2,16,19)(H,20,21)/b2-1+. The van der Waals surface area contributed by atoms with E-state index in [2.05, 4.69) is 10.6 Å². The molecule has 2 aromatic rings. The van der Waals surface area contributed by atoms with Crippen molar-refractivity contribution in [1.29, 1.82) is 0 Å². The molecule has 0 atom stereocenters. The normalized spacial score (nSPS) is 10.9. The first-order valence-corrected chi connectivity index (χ1v) is 6.46. The second-order valence-electron chi connectivity index (χ2n) is 4.45. The van der Waals surface area contributed by atoms with Crippen LogP contribution in [0.2, 0.25) is 0 Å². The molecule has 1 heterocycles. The lowest BCUT2D eigenvalue weighted by Gasteiger charge is -2.10. The van der Waals surface area contributed by atoms with Gasteiger partial charge in [0.05, 0.1) is 17.5 Å². The van der Waals surface area contributed by atoms with Crippen molar-refractivity contribution in [3.05, 3.63) is 36.1 Å². The average molecular weight is 304 g/mol. The molecule has 1 aromatic heterocycles. The van der Waals surface area contributed by atoms with Gasteiger partial charge in [0, 0.05) is 18.5 Å². The summed E-state index contributed by atoms with van der Waals surface area (Å²) < 4.78 is 5.37. The highest BCUT2D eigenvalue weighted by Gasteiger charge is 2.15. The summed E-state index contributed by atoms with van der Waals surface area (Å²) in [6.45, 7) is 0.625. The van der Waals surface area contributed by atoms with E-state index < -0.39 is 12.0 Å². The number of hydrogen-bond donors (Lipinski definition) is 5. The molecule has 1 aromatic carbocycles. The van der Waals surface area contributed by atoms with Crippen molar-refractivity contribution in [3.8, 4) is 0 Å². The van der Waals surface area contributed by atoms with Crippen LogP contribution in [0.1, 0.15) is 10.4 Å². The lowest BCUT2D eigenvalue weighted by Crippen LogP contribution is -2.20. The van der Waals surface area contributed by atoms with Crippen LogP contribution in [0.3, 0.4) is 0 Å². The van der Waals surface area contributed by atoms with Crippen molar-refractivity contribution in [2.24, 2.45) is 5.73 Å². The lowest BCUT2D eigenvalue weighted by atomic mass is 10.1. The van der Waals surface area contributed by atoms with Crippen molar-refractivity contribution in [1.82, 2.24) is 5.32 Å². The van der Waals surface area contributed by atoms with Gasteiger partial charge in [-0.15, -0.1) is 0 Å². The second-order valence-corrected chi connectivity index (χ2v) is 4.45. The number of nitrogen functional groups attached to an aromatic ring is 1. The molecule has 0 bridgehead atoms. The monoisotopic (exact) mass is 304 g/mol. The number of benzene rings is 1. The van der Waals surface area contributed by atoms with Gasteiger partial charge in [-0.05, 0) is 12.1 Å². The summed E-state index contributed by atoms with van der Waals surface area (Å²) in [5, 5.41) is 14.3. The number of carbonyl (C=O) groups excluding carboxylic acids is 1. The van der Waals surface area contributed by atoms with Crippen molar-refractivity contribution in [2.45, 2.75) is 0 Å². The SMILES string of the molecule is NC(=O)c1cc(N)c(NC/C=C/CNC(=O)O)c2occc12. The summed E-state index contributed by atoms with van der Waals surface area (Å²) >= 11 is 0. The minimum Gasteiger partial charge on any atom is -0.465 e. The number of primary amides is 1. The summed E-state index contributed by atoms with van der Waals surface area (Å²) in [5.74, 6) is -0.579. The van der Waals surface area contributed by atoms with Crippen molar-refractivity contribution < 1.29 is 19.1 Å². The van der Waals surface area contributed by atoms with Crippen LogP contribution in [0.4, 0.5) is 16.2 Å². The number of furan rings is 1. The van der Waals surface area contributed by atoms with E-state index in [-0.39, 0.29) is 6.54 Å². The Kier molecular flexibility index (Phi) is 4.52. The summed E-state index contributed by atoms with van der Waals surface area (Å²) in [5.41, 5.74) is 12.9. The Morgan fingerprint density at radius 1 is 1.32 bits per heavy atom. The molecule has 0 aliphatic carbocycles. The molecular weight excluding hydrogens is 288 g/mol. The molecule has 8 nitrogen and oxygen atoms in total. The van der Waals surface area contributed by atoms with Gasteiger partial charge in [-0.3, -0.25) is 4.79 Å². The number of nitrogens with one attached hydrogen (secondary N) is 2. The Bertz CT molecular complexity index is 736. The highest BCUT2D eigenvalue weighted by Crippen LogP contribution is 2.33. The summed E-state index contributed by atoms with van der Waals surface area (Å²) in [6, 6.07) is 3.14. The van der Waals surface area contributed by atoms with E-state index >= 15 is 0 Å².